The van der Waals surface area contributed by atoms with E-state index in [1.54, 1.807) is 18.2 Å². The summed E-state index contributed by atoms with van der Waals surface area (Å²) in [6.07, 6.45) is -1.04. The van der Waals surface area contributed by atoms with Gasteiger partial charge in [-0.1, -0.05) is 43.7 Å². The van der Waals surface area contributed by atoms with Crippen LogP contribution in [0.4, 0.5) is 32.0 Å². The third-order valence-corrected chi connectivity index (χ3v) is 5.65. The summed E-state index contributed by atoms with van der Waals surface area (Å²) in [7, 11) is 0. The Hall–Kier alpha value is -2.44. The summed E-state index contributed by atoms with van der Waals surface area (Å²) >= 11 is 0. The maximum absolute atomic E-state index is 14.3. The minimum absolute atomic E-state index is 0. The van der Waals surface area contributed by atoms with E-state index in [0.717, 1.165) is 32.6 Å². The molecule has 3 rings (SSSR count). The fourth-order valence-electron chi connectivity index (χ4n) is 4.07. The van der Waals surface area contributed by atoms with E-state index < -0.39 is 24.7 Å². The van der Waals surface area contributed by atoms with E-state index in [4.69, 9.17) is 0 Å². The molecule has 0 atom stereocenters. The molecule has 0 radical (unpaired) electrons. The van der Waals surface area contributed by atoms with Crippen molar-refractivity contribution < 1.29 is 27.8 Å². The number of hydrogen-bond donors (Lipinski definition) is 1. The minimum atomic E-state index is -4.13. The molecule has 31 heavy (non-hydrogen) atoms. The van der Waals surface area contributed by atoms with Crippen LogP contribution in [-0.4, -0.2) is 12.3 Å². The highest BCUT2D eigenvalue weighted by atomic mass is 19.3. The van der Waals surface area contributed by atoms with Crippen molar-refractivity contribution in [2.24, 2.45) is 0 Å². The van der Waals surface area contributed by atoms with Crippen LogP contribution in [0.3, 0.4) is 0 Å². The molecule has 0 saturated heterocycles. The standard InChI is InChI=1S/C24H25F6N.H2/c1-15(31-19-9-5-6-16(12-19)14-24(29,30)22(25)26)18-10-11-20(17-7-3-4-8-17)21(13-18)23(2,27)28;/h5-6,9-13,17,22,31H,1,3-4,7-8,14H2,2H3;1H. The van der Waals surface area contributed by atoms with Crippen LogP contribution in [0.15, 0.2) is 49.0 Å². The molecule has 2 aromatic carbocycles. The zero-order valence-corrected chi connectivity index (χ0v) is 17.2. The Balaban J connectivity index is 0.00000363. The van der Waals surface area contributed by atoms with Crippen molar-refractivity contribution in [3.63, 3.8) is 0 Å². The van der Waals surface area contributed by atoms with E-state index in [-0.39, 0.29) is 18.5 Å². The molecule has 1 aliphatic rings. The number of nitrogens with one attached hydrogen (secondary N) is 1. The van der Waals surface area contributed by atoms with Gasteiger partial charge in [0, 0.05) is 31.7 Å². The van der Waals surface area contributed by atoms with Crippen LogP contribution in [0.1, 0.15) is 62.2 Å². The third-order valence-electron chi connectivity index (χ3n) is 5.65. The first-order chi connectivity index (χ1) is 14.5. The van der Waals surface area contributed by atoms with Crippen molar-refractivity contribution in [2.75, 3.05) is 5.32 Å². The van der Waals surface area contributed by atoms with E-state index >= 15 is 0 Å². The predicted molar refractivity (Wildman–Crippen MR) is 113 cm³/mol. The molecule has 1 aliphatic carbocycles. The Morgan fingerprint density at radius 3 is 2.39 bits per heavy atom. The molecule has 1 saturated carbocycles. The lowest BCUT2D eigenvalue weighted by Gasteiger charge is -2.22. The van der Waals surface area contributed by atoms with E-state index in [2.05, 4.69) is 11.9 Å². The smallest absolute Gasteiger partial charge is 0.311 e. The van der Waals surface area contributed by atoms with Crippen molar-refractivity contribution in [1.29, 1.82) is 0 Å². The van der Waals surface area contributed by atoms with Crippen LogP contribution in [0, 0.1) is 0 Å². The molecule has 1 fully saturated rings. The van der Waals surface area contributed by atoms with Gasteiger partial charge in [-0.2, -0.15) is 8.78 Å². The largest absolute Gasteiger partial charge is 0.356 e. The maximum Gasteiger partial charge on any atom is 0.311 e. The van der Waals surface area contributed by atoms with Gasteiger partial charge in [0.15, 0.2) is 0 Å². The zero-order valence-electron chi connectivity index (χ0n) is 17.2. The SMILES string of the molecule is C=C(Nc1cccc(CC(F)(F)C(F)F)c1)c1ccc(C2CCCC2)c(C(C)(F)F)c1.[HH]. The van der Waals surface area contributed by atoms with Gasteiger partial charge in [0.1, 0.15) is 0 Å². The second kappa shape index (κ2) is 8.97. The van der Waals surface area contributed by atoms with Crippen LogP contribution in [0.2, 0.25) is 0 Å². The van der Waals surface area contributed by atoms with Crippen molar-refractivity contribution in [3.8, 4) is 0 Å². The van der Waals surface area contributed by atoms with Crippen molar-refractivity contribution in [3.05, 3.63) is 71.3 Å². The van der Waals surface area contributed by atoms with E-state index in [1.807, 2.05) is 0 Å². The summed E-state index contributed by atoms with van der Waals surface area (Å²) in [6.45, 7) is 4.75. The second-order valence-electron chi connectivity index (χ2n) is 8.21. The van der Waals surface area contributed by atoms with Gasteiger partial charge in [0.2, 0.25) is 0 Å². The van der Waals surface area contributed by atoms with Gasteiger partial charge >= 0.3 is 12.3 Å². The number of anilines is 1. The maximum atomic E-state index is 14.3. The second-order valence-corrected chi connectivity index (χ2v) is 8.21. The van der Waals surface area contributed by atoms with Crippen LogP contribution in [0.5, 0.6) is 0 Å². The summed E-state index contributed by atoms with van der Waals surface area (Å²) in [5.74, 6) is -7.04. The molecule has 1 N–H and O–H groups in total. The lowest BCUT2D eigenvalue weighted by Crippen LogP contribution is -2.29. The highest BCUT2D eigenvalue weighted by Gasteiger charge is 2.40. The lowest BCUT2D eigenvalue weighted by atomic mass is 9.88. The quantitative estimate of drug-likeness (QED) is 0.405. The summed E-state index contributed by atoms with van der Waals surface area (Å²) in [6, 6.07) is 10.5. The lowest BCUT2D eigenvalue weighted by molar-refractivity contribution is -0.127. The van der Waals surface area contributed by atoms with Crippen LogP contribution in [0.25, 0.3) is 5.70 Å². The van der Waals surface area contributed by atoms with Gasteiger partial charge in [0.25, 0.3) is 5.92 Å². The van der Waals surface area contributed by atoms with Crippen LogP contribution < -0.4 is 5.32 Å². The van der Waals surface area contributed by atoms with Crippen LogP contribution in [-0.2, 0) is 12.3 Å². The summed E-state index contributed by atoms with van der Waals surface area (Å²) in [5, 5.41) is 2.91. The van der Waals surface area contributed by atoms with Crippen molar-refractivity contribution in [1.82, 2.24) is 0 Å². The molecule has 170 valence electrons. The first kappa shape index (κ1) is 23.2. The molecule has 1 nitrogen and oxygen atoms in total. The number of rotatable bonds is 8. The Bertz CT molecular complexity index is 932. The number of benzene rings is 2. The van der Waals surface area contributed by atoms with Gasteiger partial charge in [-0.25, -0.2) is 17.6 Å². The molecule has 0 bridgehead atoms. The van der Waals surface area contributed by atoms with Gasteiger partial charge in [-0.05, 0) is 53.6 Å². The molecule has 0 amide bonds. The zero-order chi connectivity index (χ0) is 22.8. The van der Waals surface area contributed by atoms with Crippen molar-refractivity contribution >= 4 is 11.4 Å². The van der Waals surface area contributed by atoms with E-state index in [9.17, 15) is 26.3 Å². The molecular weight excluding hydrogens is 416 g/mol. The van der Waals surface area contributed by atoms with Crippen LogP contribution >= 0.6 is 0 Å². The molecule has 2 aromatic rings. The molecule has 0 unspecified atom stereocenters. The van der Waals surface area contributed by atoms with Gasteiger partial charge in [0.05, 0.1) is 0 Å². The average molecular weight is 443 g/mol. The molecule has 0 spiro atoms. The normalized spacial score (nSPS) is 15.5. The fourth-order valence-corrected chi connectivity index (χ4v) is 4.07. The highest BCUT2D eigenvalue weighted by molar-refractivity contribution is 5.76. The molecule has 0 heterocycles. The highest BCUT2D eigenvalue weighted by Crippen LogP contribution is 2.41. The first-order valence-electron chi connectivity index (χ1n) is 10.2. The Labute approximate surface area is 179 Å². The number of hydrogen-bond acceptors (Lipinski definition) is 1. The topological polar surface area (TPSA) is 12.0 Å². The average Bonchev–Trinajstić information content (AvgIpc) is 3.21. The molecule has 0 aromatic heterocycles. The Kier molecular flexibility index (Phi) is 6.72. The summed E-state index contributed by atoms with van der Waals surface area (Å²) in [5.41, 5.74) is 1.75. The van der Waals surface area contributed by atoms with Crippen molar-refractivity contribution in [2.45, 2.75) is 63.2 Å². The van der Waals surface area contributed by atoms with Gasteiger partial charge in [-0.3, -0.25) is 0 Å². The van der Waals surface area contributed by atoms with Gasteiger partial charge in [-0.15, -0.1) is 0 Å². The summed E-state index contributed by atoms with van der Waals surface area (Å²) < 4.78 is 80.3. The predicted octanol–water partition coefficient (Wildman–Crippen LogP) is 8.23. The number of alkyl halides is 6. The van der Waals surface area contributed by atoms with E-state index in [0.29, 0.717) is 22.5 Å². The molecular formula is C24H27F6N. The monoisotopic (exact) mass is 443 g/mol. The Morgan fingerprint density at radius 1 is 1.10 bits per heavy atom. The Morgan fingerprint density at radius 2 is 1.77 bits per heavy atom. The third kappa shape index (κ3) is 5.63. The van der Waals surface area contributed by atoms with Gasteiger partial charge < -0.3 is 5.32 Å². The minimum Gasteiger partial charge on any atom is -0.356 e. The van der Waals surface area contributed by atoms with E-state index in [1.165, 1.54) is 24.3 Å². The molecule has 0 aliphatic heterocycles. The fraction of sp³-hybridized carbons (Fsp3) is 0.417. The summed E-state index contributed by atoms with van der Waals surface area (Å²) in [4.78, 5) is 0. The molecule has 7 heteroatoms. The first-order valence-corrected chi connectivity index (χ1v) is 10.2. The number of halogens is 6.